The molecule has 2 aromatic rings. The summed E-state index contributed by atoms with van der Waals surface area (Å²) < 4.78 is 26.7. The molecule has 3 rings (SSSR count). The zero-order valence-electron chi connectivity index (χ0n) is 16.6. The molecule has 1 unspecified atom stereocenters. The van der Waals surface area contributed by atoms with Gasteiger partial charge in [0, 0.05) is 23.6 Å². The average Bonchev–Trinajstić information content (AvgIpc) is 2.62. The molecule has 1 aliphatic heterocycles. The Labute approximate surface area is 173 Å². The van der Waals surface area contributed by atoms with Crippen LogP contribution in [-0.2, 0) is 17.9 Å². The molecule has 1 atom stereocenters. The van der Waals surface area contributed by atoms with Crippen LogP contribution in [0.1, 0.15) is 50.3 Å². The quantitative estimate of drug-likeness (QED) is 0.574. The maximum atomic E-state index is 14.8. The van der Waals surface area contributed by atoms with E-state index in [0.717, 1.165) is 5.56 Å². The molecule has 0 aromatic heterocycles. The third-order valence-corrected chi connectivity index (χ3v) is 5.13. The van der Waals surface area contributed by atoms with Crippen molar-refractivity contribution >= 4 is 22.0 Å². The highest BCUT2D eigenvalue weighted by molar-refractivity contribution is 9.10. The number of hydrogen-bond acceptors (Lipinski definition) is 3. The number of carbonyl (C=O) groups is 1. The topological polar surface area (TPSA) is 38.8 Å². The highest BCUT2D eigenvalue weighted by Gasteiger charge is 2.33. The number of nitrogens with zero attached hydrogens (tertiary/aromatic N) is 1. The van der Waals surface area contributed by atoms with Crippen molar-refractivity contribution in [2.45, 2.75) is 52.4 Å². The van der Waals surface area contributed by atoms with Gasteiger partial charge in [-0.3, -0.25) is 0 Å². The van der Waals surface area contributed by atoms with Crippen molar-refractivity contribution < 1.29 is 18.7 Å². The van der Waals surface area contributed by atoms with E-state index >= 15 is 0 Å². The van der Waals surface area contributed by atoms with Crippen LogP contribution in [-0.4, -0.2) is 23.1 Å². The number of benzene rings is 2. The van der Waals surface area contributed by atoms with E-state index in [2.05, 4.69) is 15.9 Å². The molecule has 1 amide bonds. The zero-order chi connectivity index (χ0) is 20.5. The lowest BCUT2D eigenvalue weighted by molar-refractivity contribution is 0.0205. The largest absolute Gasteiger partial charge is 0.488 e. The predicted octanol–water partition coefficient (Wildman–Crippen LogP) is 6.02. The van der Waals surface area contributed by atoms with Crippen molar-refractivity contribution in [1.82, 2.24) is 4.90 Å². The number of rotatable bonds is 3. The van der Waals surface area contributed by atoms with Crippen molar-refractivity contribution in [2.75, 3.05) is 6.54 Å². The van der Waals surface area contributed by atoms with Gasteiger partial charge >= 0.3 is 6.09 Å². The lowest BCUT2D eigenvalue weighted by Gasteiger charge is -2.35. The van der Waals surface area contributed by atoms with Gasteiger partial charge in [-0.1, -0.05) is 37.3 Å². The van der Waals surface area contributed by atoms with Gasteiger partial charge in [0.1, 0.15) is 23.8 Å². The first-order chi connectivity index (χ1) is 13.2. The fourth-order valence-electron chi connectivity index (χ4n) is 3.34. The summed E-state index contributed by atoms with van der Waals surface area (Å²) >= 11 is 3.30. The highest BCUT2D eigenvalue weighted by Crippen LogP contribution is 2.40. The van der Waals surface area contributed by atoms with Crippen LogP contribution in [0.4, 0.5) is 9.18 Å². The molecular formula is C22H25BrFNO3. The van der Waals surface area contributed by atoms with Gasteiger partial charge in [0.2, 0.25) is 0 Å². The Morgan fingerprint density at radius 1 is 1.29 bits per heavy atom. The Bertz CT molecular complexity index is 864. The number of hydrogen-bond donors (Lipinski definition) is 0. The summed E-state index contributed by atoms with van der Waals surface area (Å²) in [4.78, 5) is 14.2. The van der Waals surface area contributed by atoms with Gasteiger partial charge in [0.05, 0.1) is 11.0 Å². The summed E-state index contributed by atoms with van der Waals surface area (Å²) in [7, 11) is 0. The standard InChI is InChI=1S/C22H25BrFNO3/c1-14-11-25(21(26)28-22(2,3)4)12-16-18(10-17(23)20(24)19(14)16)27-13-15-8-6-5-7-9-15/h5-10,14H,11-13H2,1-4H3. The van der Waals surface area contributed by atoms with Crippen LogP contribution in [0.15, 0.2) is 40.9 Å². The lowest BCUT2D eigenvalue weighted by atomic mass is 9.90. The second kappa shape index (κ2) is 8.11. The van der Waals surface area contributed by atoms with Crippen LogP contribution < -0.4 is 4.74 Å². The molecule has 0 bridgehead atoms. The number of amides is 1. The lowest BCUT2D eigenvalue weighted by Crippen LogP contribution is -2.41. The third-order valence-electron chi connectivity index (χ3n) is 4.55. The molecule has 0 saturated carbocycles. The van der Waals surface area contributed by atoms with Crippen molar-refractivity contribution in [2.24, 2.45) is 0 Å². The summed E-state index contributed by atoms with van der Waals surface area (Å²) in [5.41, 5.74) is 1.72. The Hall–Kier alpha value is -2.08. The van der Waals surface area contributed by atoms with Crippen molar-refractivity contribution in [3.63, 3.8) is 0 Å². The summed E-state index contributed by atoms with van der Waals surface area (Å²) in [6.45, 7) is 8.42. The minimum atomic E-state index is -0.585. The molecule has 28 heavy (non-hydrogen) atoms. The van der Waals surface area contributed by atoms with Crippen molar-refractivity contribution in [3.8, 4) is 5.75 Å². The molecule has 6 heteroatoms. The van der Waals surface area contributed by atoms with Gasteiger partial charge in [-0.05, 0) is 48.3 Å². The van der Waals surface area contributed by atoms with Gasteiger partial charge in [-0.25, -0.2) is 9.18 Å². The maximum absolute atomic E-state index is 14.8. The summed E-state index contributed by atoms with van der Waals surface area (Å²) in [5.74, 6) is 0.110. The smallest absolute Gasteiger partial charge is 0.410 e. The molecule has 0 N–H and O–H groups in total. The summed E-state index contributed by atoms with van der Waals surface area (Å²) in [6.07, 6.45) is -0.401. The molecule has 0 spiro atoms. The SMILES string of the molecule is CC1CN(C(=O)OC(C)(C)C)Cc2c(OCc3ccccc3)cc(Br)c(F)c21. The van der Waals surface area contributed by atoms with Gasteiger partial charge in [-0.15, -0.1) is 0 Å². The first kappa shape index (κ1) is 20.6. The molecule has 0 radical (unpaired) electrons. The Morgan fingerprint density at radius 3 is 2.61 bits per heavy atom. The maximum Gasteiger partial charge on any atom is 0.410 e. The van der Waals surface area contributed by atoms with Gasteiger partial charge in [0.25, 0.3) is 0 Å². The van der Waals surface area contributed by atoms with Crippen molar-refractivity contribution in [1.29, 1.82) is 0 Å². The number of ether oxygens (including phenoxy) is 2. The van der Waals surface area contributed by atoms with Crippen molar-refractivity contribution in [3.05, 3.63) is 63.4 Å². The molecule has 0 fully saturated rings. The molecule has 1 heterocycles. The number of fused-ring (bicyclic) bond motifs is 1. The van der Waals surface area contributed by atoms with Crippen LogP contribution in [0, 0.1) is 5.82 Å². The van der Waals surface area contributed by atoms with Crippen LogP contribution in [0.25, 0.3) is 0 Å². The molecular weight excluding hydrogens is 425 g/mol. The average molecular weight is 450 g/mol. The predicted molar refractivity (Wildman–Crippen MR) is 110 cm³/mol. The van der Waals surface area contributed by atoms with E-state index in [1.807, 2.05) is 58.0 Å². The molecule has 0 saturated heterocycles. The first-order valence-corrected chi connectivity index (χ1v) is 10.1. The second-order valence-corrected chi connectivity index (χ2v) is 8.95. The summed E-state index contributed by atoms with van der Waals surface area (Å²) in [6, 6.07) is 11.4. The Balaban J connectivity index is 1.90. The number of carbonyl (C=O) groups excluding carboxylic acids is 1. The second-order valence-electron chi connectivity index (χ2n) is 8.10. The summed E-state index contributed by atoms with van der Waals surface area (Å²) in [5, 5.41) is 0. The fourth-order valence-corrected chi connectivity index (χ4v) is 3.76. The minimum Gasteiger partial charge on any atom is -0.488 e. The highest BCUT2D eigenvalue weighted by atomic mass is 79.9. The van der Waals surface area contributed by atoms with Gasteiger partial charge in [-0.2, -0.15) is 0 Å². The van der Waals surface area contributed by atoms with E-state index in [-0.39, 0.29) is 18.3 Å². The van der Waals surface area contributed by atoms with Crippen LogP contribution in [0.5, 0.6) is 5.75 Å². The van der Waals surface area contributed by atoms with E-state index in [0.29, 0.717) is 34.5 Å². The van der Waals surface area contributed by atoms with E-state index in [9.17, 15) is 9.18 Å². The van der Waals surface area contributed by atoms with Crippen LogP contribution >= 0.6 is 15.9 Å². The molecule has 1 aliphatic rings. The monoisotopic (exact) mass is 449 g/mol. The minimum absolute atomic E-state index is 0.173. The zero-order valence-corrected chi connectivity index (χ0v) is 18.2. The van der Waals surface area contributed by atoms with E-state index in [1.165, 1.54) is 0 Å². The van der Waals surface area contributed by atoms with E-state index in [4.69, 9.17) is 9.47 Å². The number of halogens is 2. The molecule has 2 aromatic carbocycles. The van der Waals surface area contributed by atoms with Crippen LogP contribution in [0.2, 0.25) is 0 Å². The molecule has 0 aliphatic carbocycles. The van der Waals surface area contributed by atoms with Gasteiger partial charge in [0.15, 0.2) is 0 Å². The molecule has 150 valence electrons. The van der Waals surface area contributed by atoms with E-state index in [1.54, 1.807) is 11.0 Å². The Kier molecular flexibility index (Phi) is 5.98. The fraction of sp³-hybridized carbons (Fsp3) is 0.409. The normalized spacial score (nSPS) is 16.5. The van der Waals surface area contributed by atoms with Gasteiger partial charge < -0.3 is 14.4 Å². The third kappa shape index (κ3) is 4.66. The molecule has 4 nitrogen and oxygen atoms in total. The van der Waals surface area contributed by atoms with E-state index < -0.39 is 11.7 Å². The Morgan fingerprint density at radius 2 is 1.96 bits per heavy atom. The van der Waals surface area contributed by atoms with Crippen LogP contribution in [0.3, 0.4) is 0 Å². The first-order valence-electron chi connectivity index (χ1n) is 9.31.